The topological polar surface area (TPSA) is 92.9 Å². The lowest BCUT2D eigenvalue weighted by Crippen LogP contribution is -2.09. The minimum atomic E-state index is -0.957. The monoisotopic (exact) mass is 453 g/mol. The quantitative estimate of drug-likeness (QED) is 0.345. The Morgan fingerprint density at radius 2 is 2.00 bits per heavy atom. The predicted octanol–water partition coefficient (Wildman–Crippen LogP) is 5.91. The summed E-state index contributed by atoms with van der Waals surface area (Å²) in [5.41, 5.74) is 5.56. The number of hydrogen-bond donors (Lipinski definition) is 2. The van der Waals surface area contributed by atoms with Gasteiger partial charge in [0, 0.05) is 29.7 Å². The summed E-state index contributed by atoms with van der Waals surface area (Å²) in [6, 6.07) is 13.5. The number of carbonyl (C=O) groups is 1. The van der Waals surface area contributed by atoms with Gasteiger partial charge in [-0.3, -0.25) is 4.98 Å². The molecule has 5 rings (SSSR count). The van der Waals surface area contributed by atoms with Crippen molar-refractivity contribution >= 4 is 17.5 Å². The SMILES string of the molecule is CCCc1nn(-c2ncccc2C)c(Nc2ccc(C3CC3)cc2C(=O)O)c1-c1cccnc1. The Kier molecular flexibility index (Phi) is 5.84. The van der Waals surface area contributed by atoms with Crippen molar-refractivity contribution in [2.45, 2.75) is 45.4 Å². The van der Waals surface area contributed by atoms with Crippen molar-refractivity contribution < 1.29 is 9.90 Å². The largest absolute Gasteiger partial charge is 0.478 e. The molecule has 3 heterocycles. The summed E-state index contributed by atoms with van der Waals surface area (Å²) in [7, 11) is 0. The first-order chi connectivity index (χ1) is 16.6. The molecule has 0 radical (unpaired) electrons. The van der Waals surface area contributed by atoms with Crippen LogP contribution in [0.4, 0.5) is 11.5 Å². The molecule has 0 amide bonds. The van der Waals surface area contributed by atoms with Crippen molar-refractivity contribution in [3.05, 3.63) is 83.4 Å². The Bertz CT molecular complexity index is 1340. The van der Waals surface area contributed by atoms with Crippen LogP contribution in [0.2, 0.25) is 0 Å². The van der Waals surface area contributed by atoms with Crippen LogP contribution in [0.5, 0.6) is 0 Å². The first-order valence-electron chi connectivity index (χ1n) is 11.6. The fraction of sp³-hybridized carbons (Fsp3) is 0.259. The van der Waals surface area contributed by atoms with Gasteiger partial charge >= 0.3 is 5.97 Å². The maximum atomic E-state index is 12.2. The number of rotatable bonds is 8. The van der Waals surface area contributed by atoms with Crippen molar-refractivity contribution in [3.63, 3.8) is 0 Å². The van der Waals surface area contributed by atoms with Gasteiger partial charge in [-0.1, -0.05) is 31.5 Å². The van der Waals surface area contributed by atoms with E-state index in [1.165, 1.54) is 0 Å². The lowest BCUT2D eigenvalue weighted by Gasteiger charge is -2.15. The third kappa shape index (κ3) is 4.17. The van der Waals surface area contributed by atoms with E-state index in [0.717, 1.165) is 53.6 Å². The molecule has 4 aromatic rings. The van der Waals surface area contributed by atoms with Gasteiger partial charge in [0.15, 0.2) is 5.82 Å². The second-order valence-corrected chi connectivity index (χ2v) is 8.73. The number of nitrogens with one attached hydrogen (secondary N) is 1. The lowest BCUT2D eigenvalue weighted by atomic mass is 10.0. The number of benzene rings is 1. The van der Waals surface area contributed by atoms with Crippen LogP contribution in [-0.4, -0.2) is 30.8 Å². The first kappa shape index (κ1) is 21.8. The number of hydrogen-bond acceptors (Lipinski definition) is 5. The van der Waals surface area contributed by atoms with Crippen LogP contribution >= 0.6 is 0 Å². The highest BCUT2D eigenvalue weighted by Crippen LogP contribution is 2.42. The summed E-state index contributed by atoms with van der Waals surface area (Å²) in [6.45, 7) is 4.11. The van der Waals surface area contributed by atoms with Crippen LogP contribution in [-0.2, 0) is 6.42 Å². The standard InChI is InChI=1S/C27H27N5O2/c1-3-6-23-24(20-8-5-13-28-16-20)26(32(31-23)25-17(2)7-4-14-29-25)30-22-12-11-19(18-9-10-18)15-21(22)27(33)34/h4-5,7-8,11-16,18,30H,3,6,9-10H2,1-2H3,(H,33,34). The van der Waals surface area contributed by atoms with E-state index in [9.17, 15) is 9.90 Å². The van der Waals surface area contributed by atoms with E-state index in [2.05, 4.69) is 22.2 Å². The van der Waals surface area contributed by atoms with Crippen LogP contribution in [0, 0.1) is 6.92 Å². The highest BCUT2D eigenvalue weighted by Gasteiger charge is 2.27. The van der Waals surface area contributed by atoms with Gasteiger partial charge in [0.05, 0.1) is 16.9 Å². The number of anilines is 2. The van der Waals surface area contributed by atoms with Gasteiger partial charge in [0.25, 0.3) is 0 Å². The molecule has 0 spiro atoms. The highest BCUT2D eigenvalue weighted by atomic mass is 16.4. The van der Waals surface area contributed by atoms with Crippen molar-refractivity contribution in [3.8, 4) is 16.9 Å². The molecule has 34 heavy (non-hydrogen) atoms. The number of aryl methyl sites for hydroxylation is 2. The van der Waals surface area contributed by atoms with Crippen molar-refractivity contribution in [2.24, 2.45) is 0 Å². The summed E-state index contributed by atoms with van der Waals surface area (Å²) < 4.78 is 1.79. The lowest BCUT2D eigenvalue weighted by molar-refractivity contribution is 0.0698. The van der Waals surface area contributed by atoms with Gasteiger partial charge in [-0.05, 0) is 67.5 Å². The molecule has 0 unspecified atom stereocenters. The Balaban J connectivity index is 1.72. The van der Waals surface area contributed by atoms with E-state index in [1.807, 2.05) is 49.5 Å². The van der Waals surface area contributed by atoms with Crippen LogP contribution in [0.25, 0.3) is 16.9 Å². The second kappa shape index (κ2) is 9.09. The minimum absolute atomic E-state index is 0.254. The Morgan fingerprint density at radius 1 is 1.18 bits per heavy atom. The van der Waals surface area contributed by atoms with Gasteiger partial charge in [0.2, 0.25) is 0 Å². The Hall–Kier alpha value is -4.00. The predicted molar refractivity (Wildman–Crippen MR) is 132 cm³/mol. The molecule has 7 heteroatoms. The van der Waals surface area contributed by atoms with Gasteiger partial charge in [-0.2, -0.15) is 9.78 Å². The van der Waals surface area contributed by atoms with Gasteiger partial charge < -0.3 is 10.4 Å². The van der Waals surface area contributed by atoms with E-state index in [0.29, 0.717) is 23.2 Å². The molecule has 3 aromatic heterocycles. The number of nitrogens with zero attached hydrogens (tertiary/aromatic N) is 4. The van der Waals surface area contributed by atoms with Crippen LogP contribution in [0.1, 0.15) is 59.3 Å². The van der Waals surface area contributed by atoms with E-state index >= 15 is 0 Å². The van der Waals surface area contributed by atoms with Crippen LogP contribution < -0.4 is 5.32 Å². The number of carboxylic acids is 1. The molecule has 0 saturated heterocycles. The third-order valence-corrected chi connectivity index (χ3v) is 6.15. The Labute approximate surface area is 198 Å². The summed E-state index contributed by atoms with van der Waals surface area (Å²) >= 11 is 0. The average Bonchev–Trinajstić information content (AvgIpc) is 3.63. The summed E-state index contributed by atoms with van der Waals surface area (Å²) in [5.74, 6) is 0.890. The molecule has 1 saturated carbocycles. The number of aromatic carboxylic acids is 1. The normalized spacial score (nSPS) is 13.1. The summed E-state index contributed by atoms with van der Waals surface area (Å²) in [5, 5.41) is 18.4. The molecule has 1 aliphatic carbocycles. The molecule has 0 atom stereocenters. The van der Waals surface area contributed by atoms with E-state index in [4.69, 9.17) is 5.10 Å². The van der Waals surface area contributed by atoms with Crippen LogP contribution in [0.3, 0.4) is 0 Å². The fourth-order valence-electron chi connectivity index (χ4n) is 4.30. The smallest absolute Gasteiger partial charge is 0.337 e. The first-order valence-corrected chi connectivity index (χ1v) is 11.6. The zero-order valence-corrected chi connectivity index (χ0v) is 19.3. The fourth-order valence-corrected chi connectivity index (χ4v) is 4.30. The van der Waals surface area contributed by atoms with Gasteiger partial charge in [-0.15, -0.1) is 0 Å². The molecule has 0 bridgehead atoms. The maximum Gasteiger partial charge on any atom is 0.337 e. The number of aromatic nitrogens is 4. The van der Waals surface area contributed by atoms with Crippen molar-refractivity contribution in [2.75, 3.05) is 5.32 Å². The Morgan fingerprint density at radius 3 is 2.68 bits per heavy atom. The second-order valence-electron chi connectivity index (χ2n) is 8.73. The molecule has 0 aliphatic heterocycles. The summed E-state index contributed by atoms with van der Waals surface area (Å²) in [4.78, 5) is 21.1. The van der Waals surface area contributed by atoms with E-state index in [1.54, 1.807) is 23.1 Å². The third-order valence-electron chi connectivity index (χ3n) is 6.15. The van der Waals surface area contributed by atoms with Crippen molar-refractivity contribution in [1.82, 2.24) is 19.7 Å². The average molecular weight is 454 g/mol. The van der Waals surface area contributed by atoms with E-state index < -0.39 is 5.97 Å². The van der Waals surface area contributed by atoms with Crippen molar-refractivity contribution in [1.29, 1.82) is 0 Å². The van der Waals surface area contributed by atoms with E-state index in [-0.39, 0.29) is 5.56 Å². The van der Waals surface area contributed by atoms with Crippen LogP contribution in [0.15, 0.2) is 61.1 Å². The number of pyridine rings is 2. The highest BCUT2D eigenvalue weighted by molar-refractivity contribution is 5.96. The van der Waals surface area contributed by atoms with Gasteiger partial charge in [0.1, 0.15) is 5.82 Å². The molecule has 1 aliphatic rings. The molecule has 1 fully saturated rings. The number of carboxylic acid groups (broad SMARTS) is 1. The minimum Gasteiger partial charge on any atom is -0.478 e. The van der Waals surface area contributed by atoms with Gasteiger partial charge in [-0.25, -0.2) is 9.78 Å². The zero-order valence-electron chi connectivity index (χ0n) is 19.3. The molecule has 172 valence electrons. The molecule has 1 aromatic carbocycles. The molecule has 2 N–H and O–H groups in total. The molecular formula is C27H27N5O2. The molecule has 7 nitrogen and oxygen atoms in total. The zero-order chi connectivity index (χ0) is 23.7. The maximum absolute atomic E-state index is 12.2. The molecular weight excluding hydrogens is 426 g/mol. The summed E-state index contributed by atoms with van der Waals surface area (Å²) in [6.07, 6.45) is 9.20.